The molecule has 0 spiro atoms. The summed E-state index contributed by atoms with van der Waals surface area (Å²) in [5.41, 5.74) is 1.32. The molecule has 0 aliphatic carbocycles. The van der Waals surface area contributed by atoms with Gasteiger partial charge in [-0.3, -0.25) is 0 Å². The molecule has 1 aromatic rings. The average Bonchev–Trinajstić information content (AvgIpc) is 2.34. The minimum Gasteiger partial charge on any atom is -0.307 e. The lowest BCUT2D eigenvalue weighted by Gasteiger charge is -2.22. The van der Waals surface area contributed by atoms with Crippen LogP contribution in [0.4, 0.5) is 0 Å². The van der Waals surface area contributed by atoms with Crippen LogP contribution in [-0.4, -0.2) is 17.5 Å². The molecule has 1 N–H and O–H groups in total. The van der Waals surface area contributed by atoms with E-state index in [2.05, 4.69) is 38.2 Å². The summed E-state index contributed by atoms with van der Waals surface area (Å²) in [5.74, 6) is 2.35. The van der Waals surface area contributed by atoms with Crippen LogP contribution >= 0.6 is 23.4 Å². The molecule has 0 saturated heterocycles. The molecule has 2 unspecified atom stereocenters. The first-order valence-corrected chi connectivity index (χ1v) is 7.79. The zero-order valence-electron chi connectivity index (χ0n) is 10.9. The highest BCUT2D eigenvalue weighted by Gasteiger charge is 2.12. The summed E-state index contributed by atoms with van der Waals surface area (Å²) in [7, 11) is 0. The monoisotopic (exact) mass is 271 g/mol. The molecule has 0 amide bonds. The molecule has 0 aliphatic rings. The molecule has 0 aliphatic heterocycles. The third kappa shape index (κ3) is 5.33. The minimum atomic E-state index is 0.430. The van der Waals surface area contributed by atoms with Gasteiger partial charge in [0.2, 0.25) is 0 Å². The fourth-order valence-electron chi connectivity index (χ4n) is 1.83. The van der Waals surface area contributed by atoms with E-state index in [0.717, 1.165) is 11.4 Å². The zero-order valence-corrected chi connectivity index (χ0v) is 12.4. The molecule has 1 rings (SSSR count). The van der Waals surface area contributed by atoms with Crippen LogP contribution < -0.4 is 5.32 Å². The van der Waals surface area contributed by atoms with Crippen LogP contribution in [0.2, 0.25) is 5.02 Å². The average molecular weight is 272 g/mol. The number of rotatable bonds is 7. The normalized spacial score (nSPS) is 14.6. The highest BCUT2D eigenvalue weighted by molar-refractivity contribution is 7.99. The van der Waals surface area contributed by atoms with E-state index in [1.807, 2.05) is 23.9 Å². The lowest BCUT2D eigenvalue weighted by molar-refractivity contribution is 0.470. The van der Waals surface area contributed by atoms with Crippen LogP contribution in [0.15, 0.2) is 24.3 Å². The molecule has 2 atom stereocenters. The van der Waals surface area contributed by atoms with Crippen LogP contribution in [0, 0.1) is 0 Å². The van der Waals surface area contributed by atoms with E-state index in [1.165, 1.54) is 17.1 Å². The molecule has 3 heteroatoms. The van der Waals surface area contributed by atoms with Crippen molar-refractivity contribution in [3.8, 4) is 0 Å². The van der Waals surface area contributed by atoms with E-state index in [0.29, 0.717) is 12.1 Å². The van der Waals surface area contributed by atoms with Gasteiger partial charge in [-0.2, -0.15) is 11.8 Å². The van der Waals surface area contributed by atoms with Crippen molar-refractivity contribution in [2.45, 2.75) is 39.3 Å². The maximum Gasteiger partial charge on any atom is 0.0406 e. The summed E-state index contributed by atoms with van der Waals surface area (Å²) in [6.45, 7) is 6.67. The Balaban J connectivity index is 2.56. The highest BCUT2D eigenvalue weighted by Crippen LogP contribution is 2.20. The molecule has 96 valence electrons. The largest absolute Gasteiger partial charge is 0.307 e. The van der Waals surface area contributed by atoms with Gasteiger partial charge in [0, 0.05) is 22.9 Å². The molecule has 0 radical (unpaired) electrons. The second-order valence-electron chi connectivity index (χ2n) is 4.24. The molecule has 1 nitrogen and oxygen atoms in total. The van der Waals surface area contributed by atoms with Crippen LogP contribution in [0.3, 0.4) is 0 Å². The lowest BCUT2D eigenvalue weighted by Crippen LogP contribution is -2.32. The Morgan fingerprint density at radius 2 is 1.88 bits per heavy atom. The van der Waals surface area contributed by atoms with Gasteiger partial charge >= 0.3 is 0 Å². The first-order valence-electron chi connectivity index (χ1n) is 6.26. The van der Waals surface area contributed by atoms with E-state index in [-0.39, 0.29) is 0 Å². The Labute approximate surface area is 114 Å². The summed E-state index contributed by atoms with van der Waals surface area (Å²) in [4.78, 5) is 0. The number of thioether (sulfide) groups is 1. The van der Waals surface area contributed by atoms with E-state index in [4.69, 9.17) is 11.6 Å². The molecule has 0 fully saturated rings. The summed E-state index contributed by atoms with van der Waals surface area (Å²) in [5, 5.41) is 4.48. The predicted octanol–water partition coefficient (Wildman–Crippen LogP) is 4.52. The smallest absolute Gasteiger partial charge is 0.0406 e. The van der Waals surface area contributed by atoms with Crippen molar-refractivity contribution in [3.05, 3.63) is 34.9 Å². The van der Waals surface area contributed by atoms with E-state index >= 15 is 0 Å². The number of hydrogen-bond donors (Lipinski definition) is 1. The second-order valence-corrected chi connectivity index (χ2v) is 5.99. The van der Waals surface area contributed by atoms with Gasteiger partial charge in [-0.15, -0.1) is 0 Å². The van der Waals surface area contributed by atoms with Crippen LogP contribution in [-0.2, 0) is 0 Å². The molecule has 17 heavy (non-hydrogen) atoms. The molecule has 0 aromatic heterocycles. The molecule has 0 bridgehead atoms. The van der Waals surface area contributed by atoms with E-state index in [1.54, 1.807) is 0 Å². The van der Waals surface area contributed by atoms with E-state index < -0.39 is 0 Å². The van der Waals surface area contributed by atoms with Crippen molar-refractivity contribution < 1.29 is 0 Å². The Hall–Kier alpha value is -0.180. The van der Waals surface area contributed by atoms with Gasteiger partial charge in [-0.05, 0) is 36.8 Å². The molecule has 1 aromatic carbocycles. The first kappa shape index (κ1) is 14.9. The van der Waals surface area contributed by atoms with Gasteiger partial charge in [-0.1, -0.05) is 37.6 Å². The number of hydrogen-bond acceptors (Lipinski definition) is 2. The highest BCUT2D eigenvalue weighted by atomic mass is 35.5. The summed E-state index contributed by atoms with van der Waals surface area (Å²) in [6.07, 6.45) is 1.10. The Morgan fingerprint density at radius 3 is 2.41 bits per heavy atom. The van der Waals surface area contributed by atoms with Crippen molar-refractivity contribution in [1.82, 2.24) is 5.32 Å². The topological polar surface area (TPSA) is 12.0 Å². The van der Waals surface area contributed by atoms with Gasteiger partial charge < -0.3 is 5.32 Å². The van der Waals surface area contributed by atoms with Crippen LogP contribution in [0.1, 0.15) is 38.8 Å². The van der Waals surface area contributed by atoms with Crippen LogP contribution in [0.25, 0.3) is 0 Å². The number of benzene rings is 1. The Bertz CT molecular complexity index is 313. The van der Waals surface area contributed by atoms with Gasteiger partial charge in [0.1, 0.15) is 0 Å². The maximum atomic E-state index is 5.91. The number of halogens is 1. The first-order chi connectivity index (χ1) is 8.17. The van der Waals surface area contributed by atoms with Crippen molar-refractivity contribution >= 4 is 23.4 Å². The summed E-state index contributed by atoms with van der Waals surface area (Å²) >= 11 is 7.89. The quantitative estimate of drug-likeness (QED) is 0.782. The molecular weight excluding hydrogens is 250 g/mol. The van der Waals surface area contributed by atoms with Crippen molar-refractivity contribution in [1.29, 1.82) is 0 Å². The fraction of sp³-hybridized carbons (Fsp3) is 0.571. The third-order valence-corrected chi connectivity index (χ3v) is 4.13. The molecule has 0 saturated carbocycles. The van der Waals surface area contributed by atoms with Gasteiger partial charge in [0.25, 0.3) is 0 Å². The molecule has 0 heterocycles. The Kier molecular flexibility index (Phi) is 7.02. The van der Waals surface area contributed by atoms with Gasteiger partial charge in [0.05, 0.1) is 0 Å². The van der Waals surface area contributed by atoms with Gasteiger partial charge in [0.15, 0.2) is 0 Å². The minimum absolute atomic E-state index is 0.430. The fourth-order valence-corrected chi connectivity index (χ4v) is 2.64. The summed E-state index contributed by atoms with van der Waals surface area (Å²) in [6, 6.07) is 9.13. The Morgan fingerprint density at radius 1 is 1.24 bits per heavy atom. The third-order valence-electron chi connectivity index (χ3n) is 2.74. The molecular formula is C14H22ClNS. The lowest BCUT2D eigenvalue weighted by atomic mass is 10.0. The maximum absolute atomic E-state index is 5.91. The number of nitrogens with one attached hydrogen (secondary N) is 1. The van der Waals surface area contributed by atoms with Crippen molar-refractivity contribution in [2.75, 3.05) is 11.5 Å². The van der Waals surface area contributed by atoms with Gasteiger partial charge in [-0.25, -0.2) is 0 Å². The predicted molar refractivity (Wildman–Crippen MR) is 80.1 cm³/mol. The second kappa shape index (κ2) is 8.02. The van der Waals surface area contributed by atoms with E-state index in [9.17, 15) is 0 Å². The zero-order chi connectivity index (χ0) is 12.7. The van der Waals surface area contributed by atoms with Crippen molar-refractivity contribution in [2.24, 2.45) is 0 Å². The van der Waals surface area contributed by atoms with Crippen molar-refractivity contribution in [3.63, 3.8) is 0 Å². The van der Waals surface area contributed by atoms with Crippen LogP contribution in [0.5, 0.6) is 0 Å². The summed E-state index contributed by atoms with van der Waals surface area (Å²) < 4.78 is 0. The standard InChI is InChI=1S/C14H22ClNS/c1-4-14(16-11(3)10-17-5-2)12-6-8-13(15)9-7-12/h6-9,11,14,16H,4-5,10H2,1-3H3. The SMILES string of the molecule is CCSCC(C)NC(CC)c1ccc(Cl)cc1.